The average molecular weight is 364 g/mol. The number of rotatable bonds is 2. The number of carboxylic acid groups (broad SMARTS) is 1. The molecule has 2 unspecified atom stereocenters. The van der Waals surface area contributed by atoms with Crippen LogP contribution < -0.4 is 0 Å². The molecule has 0 saturated heterocycles. The predicted octanol–water partition coefficient (Wildman–Crippen LogP) is 0.452. The van der Waals surface area contributed by atoms with Gasteiger partial charge in [-0.2, -0.15) is 0 Å². The molecule has 1 aliphatic rings. The zero-order valence-electron chi connectivity index (χ0n) is 12.5. The van der Waals surface area contributed by atoms with Crippen molar-refractivity contribution in [2.45, 2.75) is 27.7 Å². The van der Waals surface area contributed by atoms with Gasteiger partial charge < -0.3 is 34.5 Å². The molecule has 0 amide bonds. The minimum Gasteiger partial charge on any atom is -0.481 e. The Bertz CT molecular complexity index is 459. The molecule has 1 rings (SSSR count). The van der Waals surface area contributed by atoms with E-state index in [1.54, 1.807) is 0 Å². The van der Waals surface area contributed by atoms with Crippen LogP contribution in [0.4, 0.5) is 0 Å². The van der Waals surface area contributed by atoms with E-state index in [9.17, 15) is 4.79 Å². The molecule has 0 heterocycles. The number of hydrogen-bond acceptors (Lipinski definition) is 3. The van der Waals surface area contributed by atoms with Gasteiger partial charge in [-0.1, -0.05) is 25.5 Å². The zero-order valence-corrected chi connectivity index (χ0v) is 14.3. The molecule has 132 valence electrons. The normalized spacial score (nSPS) is 22.3. The Kier molecular flexibility index (Phi) is 8.97. The van der Waals surface area contributed by atoms with E-state index in [2.05, 4.69) is 6.08 Å². The van der Waals surface area contributed by atoms with Gasteiger partial charge in [0.1, 0.15) is 0 Å². The highest BCUT2D eigenvalue weighted by molar-refractivity contribution is 7.45. The lowest BCUT2D eigenvalue weighted by atomic mass is 10.1. The molecule has 0 aliphatic heterocycles. The van der Waals surface area contributed by atoms with E-state index in [0.717, 1.165) is 0 Å². The van der Waals surface area contributed by atoms with Crippen molar-refractivity contribution in [1.82, 2.24) is 0 Å². The Morgan fingerprint density at radius 3 is 1.36 bits per heavy atom. The molecule has 0 bridgehead atoms. The van der Waals surface area contributed by atoms with Crippen LogP contribution >= 0.6 is 15.6 Å². The summed E-state index contributed by atoms with van der Waals surface area (Å²) in [5.41, 5.74) is 1.17. The van der Waals surface area contributed by atoms with E-state index in [4.69, 9.17) is 43.6 Å². The molecule has 7 N–H and O–H groups in total. The Hall–Kier alpha value is -0.570. The van der Waals surface area contributed by atoms with Crippen molar-refractivity contribution < 1.29 is 48.4 Å². The second kappa shape index (κ2) is 8.33. The van der Waals surface area contributed by atoms with Gasteiger partial charge in [0.05, 0.1) is 5.92 Å². The molecular formula is C10H22O10P2. The van der Waals surface area contributed by atoms with Gasteiger partial charge in [-0.3, -0.25) is 4.79 Å². The van der Waals surface area contributed by atoms with Crippen LogP contribution in [0, 0.1) is 17.3 Å². The van der Waals surface area contributed by atoms with Gasteiger partial charge >= 0.3 is 21.6 Å². The molecule has 2 atom stereocenters. The number of carbonyl (C=O) groups is 1. The second-order valence-corrected chi connectivity index (χ2v) is 7.49. The lowest BCUT2D eigenvalue weighted by Gasteiger charge is -1.96. The Morgan fingerprint density at radius 1 is 0.955 bits per heavy atom. The lowest BCUT2D eigenvalue weighted by Crippen LogP contribution is -2.02. The number of hydrogen-bond donors (Lipinski definition) is 7. The Labute approximate surface area is 127 Å². The minimum absolute atomic E-state index is 0.0386. The van der Waals surface area contributed by atoms with Crippen LogP contribution in [-0.4, -0.2) is 40.4 Å². The minimum atomic E-state index is -4.64. The first kappa shape index (κ1) is 23.7. The predicted molar refractivity (Wildman–Crippen MR) is 76.4 cm³/mol. The first-order valence-electron chi connectivity index (χ1n) is 5.81. The molecule has 10 nitrogen and oxygen atoms in total. The number of aliphatic carboxylic acids is 1. The fourth-order valence-electron chi connectivity index (χ4n) is 1.82. The summed E-state index contributed by atoms with van der Waals surface area (Å²) in [4.78, 5) is 53.9. The summed E-state index contributed by atoms with van der Waals surface area (Å²) in [5, 5.41) is 8.84. The van der Waals surface area contributed by atoms with E-state index in [-0.39, 0.29) is 17.3 Å². The third-order valence-electron chi connectivity index (χ3n) is 2.69. The first-order valence-corrected chi connectivity index (χ1v) is 8.94. The molecule has 22 heavy (non-hydrogen) atoms. The smallest absolute Gasteiger partial charge is 0.466 e. The van der Waals surface area contributed by atoms with Crippen molar-refractivity contribution in [2.75, 3.05) is 0 Å². The van der Waals surface area contributed by atoms with Crippen molar-refractivity contribution in [1.29, 1.82) is 0 Å². The van der Waals surface area contributed by atoms with Crippen LogP contribution in [0.3, 0.4) is 0 Å². The van der Waals surface area contributed by atoms with Gasteiger partial charge in [-0.15, -0.1) is 0 Å². The summed E-state index contributed by atoms with van der Waals surface area (Å²) in [6.07, 6.45) is 2.07. The zero-order chi connectivity index (χ0) is 18.5. The third kappa shape index (κ3) is 14.4. The number of phosphoric acid groups is 2. The molecule has 0 aromatic heterocycles. The number of carboxylic acids is 1. The molecule has 0 aromatic rings. The maximum atomic E-state index is 10.7. The van der Waals surface area contributed by atoms with Crippen molar-refractivity contribution in [2.24, 2.45) is 17.3 Å². The molecule has 1 fully saturated rings. The van der Waals surface area contributed by atoms with Gasteiger partial charge in [-0.05, 0) is 25.2 Å². The molecular weight excluding hydrogens is 342 g/mol. The van der Waals surface area contributed by atoms with Crippen molar-refractivity contribution in [3.8, 4) is 0 Å². The largest absolute Gasteiger partial charge is 0.481 e. The van der Waals surface area contributed by atoms with Gasteiger partial charge in [0.2, 0.25) is 0 Å². The summed E-state index contributed by atoms with van der Waals surface area (Å²) in [7, 11) is -9.28. The van der Waals surface area contributed by atoms with E-state index in [1.165, 1.54) is 5.57 Å². The fraction of sp³-hybridized carbons (Fsp3) is 0.700. The van der Waals surface area contributed by atoms with Crippen LogP contribution in [0.5, 0.6) is 0 Å². The second-order valence-electron chi connectivity index (χ2n) is 5.43. The van der Waals surface area contributed by atoms with Crippen LogP contribution in [0.25, 0.3) is 0 Å². The number of allylic oxidation sites excluding steroid dienone is 2. The van der Waals surface area contributed by atoms with Crippen molar-refractivity contribution in [3.05, 3.63) is 11.6 Å². The van der Waals surface area contributed by atoms with E-state index < -0.39 is 21.6 Å². The molecule has 0 spiro atoms. The highest BCUT2D eigenvalue weighted by Crippen LogP contribution is 2.59. The molecule has 0 aromatic carbocycles. The summed E-state index contributed by atoms with van der Waals surface area (Å²) < 4.78 is 17.8. The van der Waals surface area contributed by atoms with Crippen LogP contribution in [0.2, 0.25) is 0 Å². The molecule has 1 aliphatic carbocycles. The van der Waals surface area contributed by atoms with Gasteiger partial charge in [0.15, 0.2) is 0 Å². The van der Waals surface area contributed by atoms with Gasteiger partial charge in [0, 0.05) is 0 Å². The highest BCUT2D eigenvalue weighted by atomic mass is 31.2. The standard InChI is InChI=1S/C10H16O2.2H3O4P/c1-6(2)5-7-8(9(11)12)10(7,3)4;2*1-5(2,3)4/h5,7-8H,1-4H3,(H,11,12);2*(H3,1,2,3,4). The maximum Gasteiger partial charge on any atom is 0.466 e. The fourth-order valence-corrected chi connectivity index (χ4v) is 1.82. The van der Waals surface area contributed by atoms with Gasteiger partial charge in [-0.25, -0.2) is 9.13 Å². The third-order valence-corrected chi connectivity index (χ3v) is 2.69. The van der Waals surface area contributed by atoms with E-state index >= 15 is 0 Å². The summed E-state index contributed by atoms with van der Waals surface area (Å²) >= 11 is 0. The summed E-state index contributed by atoms with van der Waals surface area (Å²) in [6, 6.07) is 0. The SMILES string of the molecule is CC(C)=CC1C(C(=O)O)C1(C)C.O=P(O)(O)O.O=P(O)(O)O. The Balaban J connectivity index is 0. The first-order chi connectivity index (χ1) is 9.37. The van der Waals surface area contributed by atoms with E-state index in [1.807, 2.05) is 27.7 Å². The summed E-state index contributed by atoms with van der Waals surface area (Å²) in [5.74, 6) is -0.602. The molecule has 1 saturated carbocycles. The van der Waals surface area contributed by atoms with Crippen LogP contribution in [-0.2, 0) is 13.9 Å². The van der Waals surface area contributed by atoms with Crippen LogP contribution in [0.15, 0.2) is 11.6 Å². The average Bonchev–Trinajstić information content (AvgIpc) is 2.59. The van der Waals surface area contributed by atoms with E-state index in [0.29, 0.717) is 0 Å². The van der Waals surface area contributed by atoms with Crippen molar-refractivity contribution >= 4 is 21.6 Å². The molecule has 0 radical (unpaired) electrons. The Morgan fingerprint density at radius 2 is 1.23 bits per heavy atom. The quantitative estimate of drug-likeness (QED) is 0.267. The van der Waals surface area contributed by atoms with Gasteiger partial charge in [0.25, 0.3) is 0 Å². The topological polar surface area (TPSA) is 193 Å². The monoisotopic (exact) mass is 364 g/mol. The summed E-state index contributed by atoms with van der Waals surface area (Å²) in [6.45, 7) is 8.03. The molecule has 12 heteroatoms. The van der Waals surface area contributed by atoms with Crippen LogP contribution in [0.1, 0.15) is 27.7 Å². The highest BCUT2D eigenvalue weighted by Gasteiger charge is 2.60. The maximum absolute atomic E-state index is 10.7. The lowest BCUT2D eigenvalue weighted by molar-refractivity contribution is -0.139. The van der Waals surface area contributed by atoms with Crippen molar-refractivity contribution in [3.63, 3.8) is 0 Å².